The number of amides is 1. The van der Waals surface area contributed by atoms with Crippen molar-refractivity contribution in [1.82, 2.24) is 10.6 Å². The first kappa shape index (κ1) is 14.9. The fraction of sp³-hybridized carbons (Fsp3) is 0.562. The average Bonchev–Trinajstić information content (AvgIpc) is 2.48. The Morgan fingerprint density at radius 1 is 1.05 bits per heavy atom. The minimum Gasteiger partial charge on any atom is -0.378 e. The van der Waals surface area contributed by atoms with Gasteiger partial charge in [0.05, 0.1) is 0 Å². The van der Waals surface area contributed by atoms with Gasteiger partial charge in [0.15, 0.2) is 0 Å². The zero-order valence-corrected chi connectivity index (χ0v) is 12.6. The van der Waals surface area contributed by atoms with Crippen LogP contribution >= 0.6 is 0 Å². The molecular weight excluding hydrogens is 250 g/mol. The highest BCUT2D eigenvalue weighted by molar-refractivity contribution is 5.94. The second-order valence-electron chi connectivity index (χ2n) is 5.75. The number of hydrogen-bond donors (Lipinski definition) is 2. The van der Waals surface area contributed by atoms with E-state index in [4.69, 9.17) is 0 Å². The summed E-state index contributed by atoms with van der Waals surface area (Å²) in [5.74, 6) is 0.0446. The molecule has 2 N–H and O–H groups in total. The van der Waals surface area contributed by atoms with E-state index in [1.54, 1.807) is 0 Å². The summed E-state index contributed by atoms with van der Waals surface area (Å²) in [4.78, 5) is 14.2. The first-order valence-electron chi connectivity index (χ1n) is 7.35. The third-order valence-corrected chi connectivity index (χ3v) is 4.12. The van der Waals surface area contributed by atoms with Gasteiger partial charge >= 0.3 is 0 Å². The Kier molecular flexibility index (Phi) is 5.01. The van der Waals surface area contributed by atoms with E-state index < -0.39 is 0 Å². The van der Waals surface area contributed by atoms with Gasteiger partial charge in [0.1, 0.15) is 0 Å². The van der Waals surface area contributed by atoms with Crippen LogP contribution in [0.2, 0.25) is 0 Å². The molecule has 0 atom stereocenters. The molecule has 1 aliphatic carbocycles. The molecule has 4 heteroatoms. The fourth-order valence-electron chi connectivity index (χ4n) is 2.71. The molecule has 0 spiro atoms. The lowest BCUT2D eigenvalue weighted by Crippen LogP contribution is -2.41. The standard InChI is InChI=1S/C16H25N3O/c1-17-13-6-8-14(9-7-13)18-16(20)12-4-10-15(11-5-12)19(2)3/h4-5,10-11,13-14,17H,6-9H2,1-3H3,(H,18,20). The summed E-state index contributed by atoms with van der Waals surface area (Å²) in [5, 5.41) is 6.46. The number of hydrogen-bond acceptors (Lipinski definition) is 3. The van der Waals surface area contributed by atoms with Crippen LogP contribution in [0.15, 0.2) is 24.3 Å². The molecule has 1 aromatic rings. The minimum absolute atomic E-state index is 0.0446. The van der Waals surface area contributed by atoms with Gasteiger partial charge < -0.3 is 15.5 Å². The molecule has 1 fully saturated rings. The van der Waals surface area contributed by atoms with Crippen LogP contribution in [0.25, 0.3) is 0 Å². The van der Waals surface area contributed by atoms with Crippen LogP contribution in [0.3, 0.4) is 0 Å². The molecule has 1 aromatic carbocycles. The molecular formula is C16H25N3O. The molecule has 0 aromatic heterocycles. The first-order chi connectivity index (χ1) is 9.60. The van der Waals surface area contributed by atoms with Gasteiger partial charge in [-0.1, -0.05) is 0 Å². The highest BCUT2D eigenvalue weighted by Gasteiger charge is 2.21. The molecule has 110 valence electrons. The normalized spacial score (nSPS) is 22.4. The zero-order valence-electron chi connectivity index (χ0n) is 12.6. The molecule has 0 radical (unpaired) electrons. The van der Waals surface area contributed by atoms with Crippen molar-refractivity contribution in [3.8, 4) is 0 Å². The molecule has 4 nitrogen and oxygen atoms in total. The van der Waals surface area contributed by atoms with Crippen LogP contribution in [-0.2, 0) is 0 Å². The monoisotopic (exact) mass is 275 g/mol. The first-order valence-corrected chi connectivity index (χ1v) is 7.35. The Bertz CT molecular complexity index is 434. The molecule has 0 aliphatic heterocycles. The highest BCUT2D eigenvalue weighted by atomic mass is 16.1. The van der Waals surface area contributed by atoms with E-state index in [0.29, 0.717) is 12.1 Å². The van der Waals surface area contributed by atoms with E-state index >= 15 is 0 Å². The molecule has 0 unspecified atom stereocenters. The Morgan fingerprint density at radius 3 is 2.10 bits per heavy atom. The number of rotatable bonds is 4. The summed E-state index contributed by atoms with van der Waals surface area (Å²) < 4.78 is 0. The number of anilines is 1. The van der Waals surface area contributed by atoms with Crippen molar-refractivity contribution in [3.05, 3.63) is 29.8 Å². The maximum atomic E-state index is 12.2. The van der Waals surface area contributed by atoms with Gasteiger partial charge in [-0.05, 0) is 57.0 Å². The maximum absolute atomic E-state index is 12.2. The van der Waals surface area contributed by atoms with Gasteiger partial charge in [0.25, 0.3) is 5.91 Å². The van der Waals surface area contributed by atoms with Gasteiger partial charge in [-0.25, -0.2) is 0 Å². The lowest BCUT2D eigenvalue weighted by molar-refractivity contribution is 0.0924. The molecule has 0 saturated heterocycles. The van der Waals surface area contributed by atoms with E-state index in [-0.39, 0.29) is 5.91 Å². The number of nitrogens with one attached hydrogen (secondary N) is 2. The van der Waals surface area contributed by atoms with Crippen molar-refractivity contribution >= 4 is 11.6 Å². The highest BCUT2D eigenvalue weighted by Crippen LogP contribution is 2.19. The minimum atomic E-state index is 0.0446. The lowest BCUT2D eigenvalue weighted by atomic mass is 9.91. The van der Waals surface area contributed by atoms with Gasteiger partial charge in [-0.3, -0.25) is 4.79 Å². The maximum Gasteiger partial charge on any atom is 0.251 e. The van der Waals surface area contributed by atoms with Gasteiger partial charge in [-0.15, -0.1) is 0 Å². The number of nitrogens with zero attached hydrogens (tertiary/aromatic N) is 1. The largest absolute Gasteiger partial charge is 0.378 e. The van der Waals surface area contributed by atoms with Crippen LogP contribution < -0.4 is 15.5 Å². The van der Waals surface area contributed by atoms with Gasteiger partial charge in [0.2, 0.25) is 0 Å². The summed E-state index contributed by atoms with van der Waals surface area (Å²) in [5.41, 5.74) is 1.85. The van der Waals surface area contributed by atoms with Crippen LogP contribution in [0, 0.1) is 0 Å². The third kappa shape index (κ3) is 3.73. The van der Waals surface area contributed by atoms with Crippen LogP contribution in [-0.4, -0.2) is 39.1 Å². The van der Waals surface area contributed by atoms with Crippen molar-refractivity contribution < 1.29 is 4.79 Å². The SMILES string of the molecule is CNC1CCC(NC(=O)c2ccc(N(C)C)cc2)CC1. The lowest BCUT2D eigenvalue weighted by Gasteiger charge is -2.28. The Balaban J connectivity index is 1.88. The number of carbonyl (C=O) groups is 1. The topological polar surface area (TPSA) is 44.4 Å². The molecule has 0 bridgehead atoms. The summed E-state index contributed by atoms with van der Waals surface area (Å²) in [6.07, 6.45) is 4.40. The van der Waals surface area contributed by atoms with Crippen molar-refractivity contribution in [2.75, 3.05) is 26.0 Å². The van der Waals surface area contributed by atoms with Crippen molar-refractivity contribution in [1.29, 1.82) is 0 Å². The summed E-state index contributed by atoms with van der Waals surface area (Å²) in [7, 11) is 6.00. The Labute approximate surface area is 121 Å². The predicted molar refractivity (Wildman–Crippen MR) is 83.3 cm³/mol. The second kappa shape index (κ2) is 6.75. The molecule has 0 heterocycles. The Hall–Kier alpha value is -1.55. The third-order valence-electron chi connectivity index (χ3n) is 4.12. The predicted octanol–water partition coefficient (Wildman–Crippen LogP) is 2.01. The summed E-state index contributed by atoms with van der Waals surface area (Å²) in [6, 6.07) is 8.68. The Morgan fingerprint density at radius 2 is 1.60 bits per heavy atom. The van der Waals surface area contributed by atoms with Crippen LogP contribution in [0.4, 0.5) is 5.69 Å². The van der Waals surface area contributed by atoms with Crippen LogP contribution in [0.5, 0.6) is 0 Å². The summed E-state index contributed by atoms with van der Waals surface area (Å²) in [6.45, 7) is 0. The molecule has 20 heavy (non-hydrogen) atoms. The van der Waals surface area contributed by atoms with Crippen LogP contribution in [0.1, 0.15) is 36.0 Å². The van der Waals surface area contributed by atoms with Gasteiger partial charge in [-0.2, -0.15) is 0 Å². The second-order valence-corrected chi connectivity index (χ2v) is 5.75. The smallest absolute Gasteiger partial charge is 0.251 e. The van der Waals surface area contributed by atoms with E-state index in [1.807, 2.05) is 50.3 Å². The van der Waals surface area contributed by atoms with Gasteiger partial charge in [0, 0.05) is 37.4 Å². The quantitative estimate of drug-likeness (QED) is 0.883. The van der Waals surface area contributed by atoms with E-state index in [9.17, 15) is 4.79 Å². The number of carbonyl (C=O) groups excluding carboxylic acids is 1. The van der Waals surface area contributed by atoms with Crippen molar-refractivity contribution in [3.63, 3.8) is 0 Å². The van der Waals surface area contributed by atoms with E-state index in [0.717, 1.165) is 36.9 Å². The number of benzene rings is 1. The van der Waals surface area contributed by atoms with E-state index in [2.05, 4.69) is 10.6 Å². The molecule has 1 amide bonds. The van der Waals surface area contributed by atoms with Crippen molar-refractivity contribution in [2.45, 2.75) is 37.8 Å². The molecule has 1 aliphatic rings. The average molecular weight is 275 g/mol. The van der Waals surface area contributed by atoms with Crippen molar-refractivity contribution in [2.24, 2.45) is 0 Å². The fourth-order valence-corrected chi connectivity index (χ4v) is 2.71. The zero-order chi connectivity index (χ0) is 14.5. The molecule has 1 saturated carbocycles. The summed E-state index contributed by atoms with van der Waals surface area (Å²) >= 11 is 0. The van der Waals surface area contributed by atoms with E-state index in [1.165, 1.54) is 0 Å². The molecule has 2 rings (SSSR count).